The van der Waals surface area contributed by atoms with E-state index in [1.54, 1.807) is 0 Å². The third kappa shape index (κ3) is 3.92. The summed E-state index contributed by atoms with van der Waals surface area (Å²) in [5.41, 5.74) is 0.238. The molecule has 0 radical (unpaired) electrons. The molecule has 2 nitrogen and oxygen atoms in total. The average molecular weight is 298 g/mol. The van der Waals surface area contributed by atoms with E-state index in [0.29, 0.717) is 6.04 Å². The molecule has 3 fully saturated rings. The van der Waals surface area contributed by atoms with Gasteiger partial charge >= 0.3 is 0 Å². The summed E-state index contributed by atoms with van der Waals surface area (Å²) in [6, 6.07) is 0.714. The minimum Gasteiger partial charge on any atom is -0.375 e. The standard InChI is InChI=1S/C17H31NOS/c1-14-2-4-15(5-3-14)13-18-16-6-9-19-17(12-16)7-10-20-11-8-17/h14-16,18H,2-13H2,1H3. The van der Waals surface area contributed by atoms with Crippen molar-refractivity contribution in [2.75, 3.05) is 24.7 Å². The normalized spacial score (nSPS) is 38.0. The predicted molar refractivity (Wildman–Crippen MR) is 87.4 cm³/mol. The summed E-state index contributed by atoms with van der Waals surface area (Å²) in [5, 5.41) is 3.89. The molecule has 3 rings (SSSR count). The minimum atomic E-state index is 0.238. The van der Waals surface area contributed by atoms with Crippen LogP contribution in [0.1, 0.15) is 58.3 Å². The van der Waals surface area contributed by atoms with E-state index in [-0.39, 0.29) is 5.60 Å². The van der Waals surface area contributed by atoms with Crippen molar-refractivity contribution >= 4 is 11.8 Å². The monoisotopic (exact) mass is 297 g/mol. The van der Waals surface area contributed by atoms with Crippen LogP contribution in [0.4, 0.5) is 0 Å². The van der Waals surface area contributed by atoms with Crippen LogP contribution in [0.3, 0.4) is 0 Å². The molecular formula is C17H31NOS. The molecule has 3 aliphatic rings. The van der Waals surface area contributed by atoms with E-state index in [0.717, 1.165) is 18.4 Å². The third-order valence-corrected chi connectivity index (χ3v) is 6.71. The molecule has 1 aliphatic carbocycles. The first-order valence-electron chi connectivity index (χ1n) is 8.71. The Labute approximate surface area is 128 Å². The highest BCUT2D eigenvalue weighted by Gasteiger charge is 2.38. The molecule has 0 aromatic carbocycles. The summed E-state index contributed by atoms with van der Waals surface area (Å²) in [5.74, 6) is 4.50. The van der Waals surface area contributed by atoms with Crippen LogP contribution in [-0.4, -0.2) is 36.3 Å². The second-order valence-corrected chi connectivity index (χ2v) is 8.59. The first-order chi connectivity index (χ1) is 9.76. The lowest BCUT2D eigenvalue weighted by Crippen LogP contribution is -2.49. The second-order valence-electron chi connectivity index (χ2n) is 7.37. The highest BCUT2D eigenvalue weighted by Crippen LogP contribution is 2.37. The molecule has 116 valence electrons. The van der Waals surface area contributed by atoms with E-state index < -0.39 is 0 Å². The van der Waals surface area contributed by atoms with Crippen molar-refractivity contribution < 1.29 is 4.74 Å². The van der Waals surface area contributed by atoms with Crippen LogP contribution < -0.4 is 5.32 Å². The second kappa shape index (κ2) is 7.02. The number of nitrogens with one attached hydrogen (secondary N) is 1. The maximum atomic E-state index is 6.19. The van der Waals surface area contributed by atoms with Gasteiger partial charge < -0.3 is 10.1 Å². The quantitative estimate of drug-likeness (QED) is 0.855. The van der Waals surface area contributed by atoms with Gasteiger partial charge in [0.05, 0.1) is 5.60 Å². The Morgan fingerprint density at radius 3 is 2.60 bits per heavy atom. The zero-order valence-corrected chi connectivity index (χ0v) is 13.9. The van der Waals surface area contributed by atoms with Crippen molar-refractivity contribution in [2.24, 2.45) is 11.8 Å². The molecule has 2 heterocycles. The van der Waals surface area contributed by atoms with Gasteiger partial charge in [-0.2, -0.15) is 11.8 Å². The summed E-state index contributed by atoms with van der Waals surface area (Å²) in [6.45, 7) is 4.64. The molecule has 1 atom stereocenters. The maximum absolute atomic E-state index is 6.19. The van der Waals surface area contributed by atoms with Crippen LogP contribution in [0.5, 0.6) is 0 Å². The molecule has 0 amide bonds. The van der Waals surface area contributed by atoms with E-state index >= 15 is 0 Å². The number of rotatable bonds is 3. The minimum absolute atomic E-state index is 0.238. The molecular weight excluding hydrogens is 266 g/mol. The van der Waals surface area contributed by atoms with Crippen molar-refractivity contribution in [1.82, 2.24) is 5.32 Å². The highest BCUT2D eigenvalue weighted by molar-refractivity contribution is 7.99. The first kappa shape index (κ1) is 15.2. The summed E-state index contributed by atoms with van der Waals surface area (Å²) >= 11 is 2.10. The third-order valence-electron chi connectivity index (χ3n) is 5.73. The molecule has 2 aliphatic heterocycles. The van der Waals surface area contributed by atoms with Gasteiger partial charge in [0.25, 0.3) is 0 Å². The molecule has 0 aromatic heterocycles. The predicted octanol–water partition coefficient (Wildman–Crippen LogP) is 3.85. The van der Waals surface area contributed by atoms with E-state index in [4.69, 9.17) is 4.74 Å². The van der Waals surface area contributed by atoms with Crippen molar-refractivity contribution in [3.05, 3.63) is 0 Å². The van der Waals surface area contributed by atoms with E-state index in [9.17, 15) is 0 Å². The molecule has 1 N–H and O–H groups in total. The van der Waals surface area contributed by atoms with E-state index in [1.165, 1.54) is 69.4 Å². The van der Waals surface area contributed by atoms with Gasteiger partial charge in [-0.25, -0.2) is 0 Å². The maximum Gasteiger partial charge on any atom is 0.0713 e. The van der Waals surface area contributed by atoms with Crippen molar-refractivity contribution in [1.29, 1.82) is 0 Å². The molecule has 20 heavy (non-hydrogen) atoms. The molecule has 0 aromatic rings. The highest BCUT2D eigenvalue weighted by atomic mass is 32.2. The van der Waals surface area contributed by atoms with Crippen LogP contribution in [0, 0.1) is 11.8 Å². The lowest BCUT2D eigenvalue weighted by Gasteiger charge is -2.44. The Bertz CT molecular complexity index is 290. The Kier molecular flexibility index (Phi) is 5.33. The fourth-order valence-corrected chi connectivity index (χ4v) is 5.40. The van der Waals surface area contributed by atoms with Gasteiger partial charge in [-0.15, -0.1) is 0 Å². The molecule has 1 saturated carbocycles. The first-order valence-corrected chi connectivity index (χ1v) is 9.86. The van der Waals surface area contributed by atoms with Crippen LogP contribution in [-0.2, 0) is 4.74 Å². The summed E-state index contributed by atoms with van der Waals surface area (Å²) < 4.78 is 6.19. The van der Waals surface area contributed by atoms with Gasteiger partial charge in [0.1, 0.15) is 0 Å². The van der Waals surface area contributed by atoms with Crippen LogP contribution in [0.2, 0.25) is 0 Å². The zero-order chi connectivity index (χ0) is 13.8. The largest absolute Gasteiger partial charge is 0.375 e. The van der Waals surface area contributed by atoms with E-state index in [2.05, 4.69) is 24.0 Å². The molecule has 1 spiro atoms. The number of ether oxygens (including phenoxy) is 1. The lowest BCUT2D eigenvalue weighted by atomic mass is 9.82. The number of thioether (sulfide) groups is 1. The summed E-state index contributed by atoms with van der Waals surface area (Å²) in [6.07, 6.45) is 10.8. The van der Waals surface area contributed by atoms with Crippen molar-refractivity contribution in [2.45, 2.75) is 69.9 Å². The van der Waals surface area contributed by atoms with E-state index in [1.807, 2.05) is 0 Å². The lowest BCUT2D eigenvalue weighted by molar-refractivity contribution is -0.0935. The van der Waals surface area contributed by atoms with Crippen LogP contribution >= 0.6 is 11.8 Å². The number of hydrogen-bond acceptors (Lipinski definition) is 3. The van der Waals surface area contributed by atoms with Gasteiger partial charge in [-0.3, -0.25) is 0 Å². The van der Waals surface area contributed by atoms with Gasteiger partial charge in [0.15, 0.2) is 0 Å². The molecule has 2 saturated heterocycles. The fourth-order valence-electron chi connectivity index (χ4n) is 4.16. The summed E-state index contributed by atoms with van der Waals surface area (Å²) in [4.78, 5) is 0. The van der Waals surface area contributed by atoms with Gasteiger partial charge in [0.2, 0.25) is 0 Å². The Morgan fingerprint density at radius 1 is 1.10 bits per heavy atom. The fraction of sp³-hybridized carbons (Fsp3) is 1.00. The topological polar surface area (TPSA) is 21.3 Å². The van der Waals surface area contributed by atoms with Gasteiger partial charge in [-0.1, -0.05) is 19.8 Å². The van der Waals surface area contributed by atoms with Crippen LogP contribution in [0.25, 0.3) is 0 Å². The molecule has 0 bridgehead atoms. The molecule has 1 unspecified atom stereocenters. The average Bonchev–Trinajstić information content (AvgIpc) is 2.48. The Balaban J connectivity index is 1.43. The van der Waals surface area contributed by atoms with Gasteiger partial charge in [-0.05, 0) is 68.4 Å². The molecule has 3 heteroatoms. The Hall–Kier alpha value is 0.270. The number of hydrogen-bond donors (Lipinski definition) is 1. The van der Waals surface area contributed by atoms with Gasteiger partial charge in [0, 0.05) is 12.6 Å². The zero-order valence-electron chi connectivity index (χ0n) is 13.0. The summed E-state index contributed by atoms with van der Waals surface area (Å²) in [7, 11) is 0. The SMILES string of the molecule is CC1CCC(CNC2CCOC3(CCSCC3)C2)CC1. The van der Waals surface area contributed by atoms with Crippen molar-refractivity contribution in [3.63, 3.8) is 0 Å². The smallest absolute Gasteiger partial charge is 0.0713 e. The van der Waals surface area contributed by atoms with Crippen LogP contribution in [0.15, 0.2) is 0 Å². The van der Waals surface area contributed by atoms with Crippen molar-refractivity contribution in [3.8, 4) is 0 Å². The Morgan fingerprint density at radius 2 is 1.85 bits per heavy atom.